The van der Waals surface area contributed by atoms with E-state index in [0.29, 0.717) is 16.6 Å². The highest BCUT2D eigenvalue weighted by Gasteiger charge is 2.18. The zero-order valence-corrected chi connectivity index (χ0v) is 19.1. The van der Waals surface area contributed by atoms with Crippen LogP contribution in [0.1, 0.15) is 47.8 Å². The molecule has 2 aromatic carbocycles. The Bertz CT molecular complexity index is 1110. The first kappa shape index (κ1) is 22.6. The summed E-state index contributed by atoms with van der Waals surface area (Å²) in [5.74, 6) is -0.108. The molecule has 31 heavy (non-hydrogen) atoms. The van der Waals surface area contributed by atoms with Gasteiger partial charge in [0.1, 0.15) is 0 Å². The van der Waals surface area contributed by atoms with Crippen LogP contribution in [0.3, 0.4) is 0 Å². The third-order valence-electron chi connectivity index (χ3n) is 5.26. The largest absolute Gasteiger partial charge is 0.326 e. The number of aromatic nitrogens is 2. The average molecular weight is 435 g/mol. The van der Waals surface area contributed by atoms with Crippen molar-refractivity contribution in [3.8, 4) is 6.07 Å². The molecule has 6 heteroatoms. The molecule has 1 aromatic heterocycles. The quantitative estimate of drug-likeness (QED) is 0.522. The van der Waals surface area contributed by atoms with Gasteiger partial charge >= 0.3 is 0 Å². The number of nitrogens with one attached hydrogen (secondary N) is 1. The van der Waals surface area contributed by atoms with Crippen LogP contribution in [0.15, 0.2) is 48.5 Å². The fourth-order valence-corrected chi connectivity index (χ4v) is 3.98. The number of carbonyl (C=O) groups is 1. The molecule has 1 amide bonds. The molecular formula is C25H27ClN4O. The predicted molar refractivity (Wildman–Crippen MR) is 124 cm³/mol. The number of halogens is 1. The van der Waals surface area contributed by atoms with Crippen LogP contribution in [0.5, 0.6) is 0 Å². The van der Waals surface area contributed by atoms with Crippen molar-refractivity contribution in [2.24, 2.45) is 5.92 Å². The van der Waals surface area contributed by atoms with E-state index in [2.05, 4.69) is 30.3 Å². The molecule has 0 saturated heterocycles. The van der Waals surface area contributed by atoms with Gasteiger partial charge in [-0.05, 0) is 43.0 Å². The van der Waals surface area contributed by atoms with Gasteiger partial charge in [0.05, 0.1) is 24.1 Å². The Morgan fingerprint density at radius 1 is 1.19 bits per heavy atom. The standard InChI is InChI=1S/C25H27ClN4O/c1-16(2)15-30-18(4)22(17(3)29-30)13-25(31)28-20-10-11-21(24(26)12-20)23(14-27)19-8-6-5-7-9-19/h5-12,16,23H,13,15H2,1-4H3,(H,28,31). The molecule has 1 atom stereocenters. The minimum atomic E-state index is -0.462. The Kier molecular flexibility index (Phi) is 7.14. The molecule has 1 N–H and O–H groups in total. The van der Waals surface area contributed by atoms with Gasteiger partial charge in [-0.1, -0.05) is 61.8 Å². The molecule has 0 saturated carbocycles. The van der Waals surface area contributed by atoms with Crippen LogP contribution < -0.4 is 5.32 Å². The van der Waals surface area contributed by atoms with E-state index >= 15 is 0 Å². The van der Waals surface area contributed by atoms with Gasteiger partial charge in [-0.25, -0.2) is 0 Å². The second-order valence-corrected chi connectivity index (χ2v) is 8.57. The molecule has 5 nitrogen and oxygen atoms in total. The van der Waals surface area contributed by atoms with Crippen LogP contribution in [-0.4, -0.2) is 15.7 Å². The van der Waals surface area contributed by atoms with Gasteiger partial charge in [0.25, 0.3) is 0 Å². The Balaban J connectivity index is 1.74. The molecule has 1 unspecified atom stereocenters. The van der Waals surface area contributed by atoms with E-state index in [0.717, 1.165) is 34.6 Å². The Hall–Kier alpha value is -3.10. The summed E-state index contributed by atoms with van der Waals surface area (Å²) in [7, 11) is 0. The van der Waals surface area contributed by atoms with Crippen molar-refractivity contribution in [2.75, 3.05) is 5.32 Å². The topological polar surface area (TPSA) is 70.7 Å². The number of benzene rings is 2. The van der Waals surface area contributed by atoms with Crippen LogP contribution in [0.2, 0.25) is 5.02 Å². The van der Waals surface area contributed by atoms with E-state index in [4.69, 9.17) is 11.6 Å². The lowest BCUT2D eigenvalue weighted by molar-refractivity contribution is -0.115. The van der Waals surface area contributed by atoms with Crippen molar-refractivity contribution in [1.82, 2.24) is 9.78 Å². The van der Waals surface area contributed by atoms with Gasteiger partial charge in [0, 0.05) is 28.5 Å². The van der Waals surface area contributed by atoms with E-state index in [1.54, 1.807) is 18.2 Å². The fraction of sp³-hybridized carbons (Fsp3) is 0.320. The zero-order chi connectivity index (χ0) is 22.5. The predicted octanol–water partition coefficient (Wildman–Crippen LogP) is 5.65. The number of aryl methyl sites for hydroxylation is 1. The summed E-state index contributed by atoms with van der Waals surface area (Å²) in [5.41, 5.74) is 5.06. The van der Waals surface area contributed by atoms with Gasteiger partial charge in [-0.2, -0.15) is 10.4 Å². The third-order valence-corrected chi connectivity index (χ3v) is 5.59. The summed E-state index contributed by atoms with van der Waals surface area (Å²) >= 11 is 6.48. The first-order valence-corrected chi connectivity index (χ1v) is 10.7. The second kappa shape index (κ2) is 9.80. The monoisotopic (exact) mass is 434 g/mol. The molecule has 0 radical (unpaired) electrons. The first-order chi connectivity index (χ1) is 14.8. The van der Waals surface area contributed by atoms with Crippen LogP contribution in [0.25, 0.3) is 0 Å². The molecule has 1 heterocycles. The van der Waals surface area contributed by atoms with Crippen molar-refractivity contribution < 1.29 is 4.79 Å². The number of rotatable bonds is 7. The van der Waals surface area contributed by atoms with Crippen molar-refractivity contribution in [3.05, 3.63) is 81.6 Å². The lowest BCUT2D eigenvalue weighted by Gasteiger charge is -2.14. The average Bonchev–Trinajstić information content (AvgIpc) is 2.97. The summed E-state index contributed by atoms with van der Waals surface area (Å²) in [4.78, 5) is 12.7. The second-order valence-electron chi connectivity index (χ2n) is 8.16. The number of nitriles is 1. The number of nitrogens with zero attached hydrogens (tertiary/aromatic N) is 3. The molecule has 0 fully saturated rings. The van der Waals surface area contributed by atoms with Crippen LogP contribution in [0.4, 0.5) is 5.69 Å². The van der Waals surface area contributed by atoms with Gasteiger partial charge in [0.2, 0.25) is 5.91 Å². The molecule has 0 bridgehead atoms. The molecule has 160 valence electrons. The Labute approximate surface area is 188 Å². The fourth-order valence-electron chi connectivity index (χ4n) is 3.69. The van der Waals surface area contributed by atoms with Crippen LogP contribution in [-0.2, 0) is 17.8 Å². The summed E-state index contributed by atoms with van der Waals surface area (Å²) in [6, 6.07) is 17.1. The van der Waals surface area contributed by atoms with Crippen molar-refractivity contribution >= 4 is 23.2 Å². The van der Waals surface area contributed by atoms with Crippen molar-refractivity contribution in [2.45, 2.75) is 46.6 Å². The summed E-state index contributed by atoms with van der Waals surface area (Å²) in [6.07, 6.45) is 0.250. The van der Waals surface area contributed by atoms with Crippen LogP contribution in [0, 0.1) is 31.1 Å². The number of hydrogen-bond acceptors (Lipinski definition) is 3. The maximum atomic E-state index is 12.7. The minimum absolute atomic E-state index is 0.126. The zero-order valence-electron chi connectivity index (χ0n) is 18.3. The number of hydrogen-bond donors (Lipinski definition) is 1. The SMILES string of the molecule is Cc1nn(CC(C)C)c(C)c1CC(=O)Nc1ccc(C(C#N)c2ccccc2)c(Cl)c1. The first-order valence-electron chi connectivity index (χ1n) is 10.4. The number of amides is 1. The maximum Gasteiger partial charge on any atom is 0.228 e. The molecule has 0 aliphatic carbocycles. The Morgan fingerprint density at radius 2 is 1.90 bits per heavy atom. The molecule has 0 spiro atoms. The lowest BCUT2D eigenvalue weighted by atomic mass is 9.92. The normalized spacial score (nSPS) is 11.9. The summed E-state index contributed by atoms with van der Waals surface area (Å²) in [6.45, 7) is 9.05. The highest BCUT2D eigenvalue weighted by atomic mass is 35.5. The highest BCUT2D eigenvalue weighted by molar-refractivity contribution is 6.31. The van der Waals surface area contributed by atoms with E-state index in [1.807, 2.05) is 48.9 Å². The van der Waals surface area contributed by atoms with Crippen molar-refractivity contribution in [3.63, 3.8) is 0 Å². The van der Waals surface area contributed by atoms with Gasteiger partial charge in [0.15, 0.2) is 0 Å². The number of carbonyl (C=O) groups excluding carboxylic acids is 1. The van der Waals surface area contributed by atoms with E-state index in [1.165, 1.54) is 0 Å². The van der Waals surface area contributed by atoms with Gasteiger partial charge in [-0.3, -0.25) is 9.48 Å². The van der Waals surface area contributed by atoms with E-state index in [9.17, 15) is 10.1 Å². The molecule has 3 rings (SSSR count). The minimum Gasteiger partial charge on any atom is -0.326 e. The smallest absolute Gasteiger partial charge is 0.228 e. The summed E-state index contributed by atoms with van der Waals surface area (Å²) < 4.78 is 1.97. The molecule has 0 aliphatic rings. The molecule has 3 aromatic rings. The third kappa shape index (κ3) is 5.34. The lowest BCUT2D eigenvalue weighted by Crippen LogP contribution is -2.16. The summed E-state index contributed by atoms with van der Waals surface area (Å²) in [5, 5.41) is 17.6. The number of anilines is 1. The van der Waals surface area contributed by atoms with E-state index < -0.39 is 5.92 Å². The van der Waals surface area contributed by atoms with Crippen molar-refractivity contribution in [1.29, 1.82) is 5.26 Å². The van der Waals surface area contributed by atoms with Crippen LogP contribution >= 0.6 is 11.6 Å². The molecule has 0 aliphatic heterocycles. The maximum absolute atomic E-state index is 12.7. The highest BCUT2D eigenvalue weighted by Crippen LogP contribution is 2.32. The van der Waals surface area contributed by atoms with Gasteiger partial charge < -0.3 is 5.32 Å². The molecular weight excluding hydrogens is 408 g/mol. The Morgan fingerprint density at radius 3 is 2.52 bits per heavy atom. The van der Waals surface area contributed by atoms with E-state index in [-0.39, 0.29) is 12.3 Å². The van der Waals surface area contributed by atoms with Gasteiger partial charge in [-0.15, -0.1) is 0 Å².